The second kappa shape index (κ2) is 6.46. The maximum absolute atomic E-state index is 13.3. The molecule has 7 heteroatoms. The second-order valence-corrected chi connectivity index (χ2v) is 4.97. The smallest absolute Gasteiger partial charge is 0.487 e. The highest BCUT2D eigenvalue weighted by atomic mass is 35.5. The Morgan fingerprint density at radius 3 is 2.55 bits per heavy atom. The fourth-order valence-electron chi connectivity index (χ4n) is 1.66. The molecule has 0 heterocycles. The molecule has 0 fully saturated rings. The highest BCUT2D eigenvalue weighted by molar-refractivity contribution is 6.58. The fourth-order valence-corrected chi connectivity index (χ4v) is 1.99. The van der Waals surface area contributed by atoms with Crippen molar-refractivity contribution in [1.82, 2.24) is 0 Å². The van der Waals surface area contributed by atoms with Crippen LogP contribution in [0.5, 0.6) is 5.75 Å². The van der Waals surface area contributed by atoms with Crippen LogP contribution in [0, 0.1) is 5.82 Å². The number of benzene rings is 2. The molecule has 20 heavy (non-hydrogen) atoms. The maximum atomic E-state index is 13.3. The van der Waals surface area contributed by atoms with Gasteiger partial charge in [0.25, 0.3) is 0 Å². The zero-order valence-electron chi connectivity index (χ0n) is 10.2. The molecule has 0 atom stereocenters. The molecule has 2 aromatic rings. The SMILES string of the molecule is OB(O)c1cc(F)cc(COc2cc(Cl)ccc2Cl)c1. The van der Waals surface area contributed by atoms with Crippen LogP contribution in [0.15, 0.2) is 36.4 Å². The summed E-state index contributed by atoms with van der Waals surface area (Å²) in [4.78, 5) is 0. The Kier molecular flexibility index (Phi) is 4.88. The predicted molar refractivity (Wildman–Crippen MR) is 77.0 cm³/mol. The van der Waals surface area contributed by atoms with Crippen molar-refractivity contribution in [3.8, 4) is 5.75 Å². The quantitative estimate of drug-likeness (QED) is 0.852. The summed E-state index contributed by atoms with van der Waals surface area (Å²) in [7, 11) is -1.74. The van der Waals surface area contributed by atoms with Gasteiger partial charge in [-0.05, 0) is 35.3 Å². The predicted octanol–water partition coefficient (Wildman–Crippen LogP) is 2.39. The van der Waals surface area contributed by atoms with Crippen LogP contribution in [0.3, 0.4) is 0 Å². The van der Waals surface area contributed by atoms with Crippen LogP contribution in [-0.2, 0) is 6.61 Å². The van der Waals surface area contributed by atoms with Gasteiger partial charge in [-0.1, -0.05) is 29.3 Å². The molecule has 2 rings (SSSR count). The first-order chi connectivity index (χ1) is 9.45. The van der Waals surface area contributed by atoms with Crippen molar-refractivity contribution in [2.45, 2.75) is 6.61 Å². The van der Waals surface area contributed by atoms with Crippen LogP contribution < -0.4 is 10.2 Å². The first-order valence-electron chi connectivity index (χ1n) is 5.69. The van der Waals surface area contributed by atoms with Gasteiger partial charge < -0.3 is 14.8 Å². The molecule has 0 spiro atoms. The molecule has 0 saturated carbocycles. The molecule has 0 bridgehead atoms. The molecule has 0 saturated heterocycles. The Hall–Kier alpha value is -1.27. The molecule has 104 valence electrons. The Labute approximate surface area is 125 Å². The molecule has 0 unspecified atom stereocenters. The van der Waals surface area contributed by atoms with Gasteiger partial charge in [0, 0.05) is 11.1 Å². The lowest BCUT2D eigenvalue weighted by Crippen LogP contribution is -2.30. The standard InChI is InChI=1S/C13H10BCl2FO3/c15-10-1-2-12(16)13(6-10)20-7-8-3-9(14(18)19)5-11(17)4-8/h1-6,18-19H,7H2. The van der Waals surface area contributed by atoms with E-state index < -0.39 is 12.9 Å². The number of hydrogen-bond acceptors (Lipinski definition) is 3. The van der Waals surface area contributed by atoms with Crippen LogP contribution in [0.4, 0.5) is 4.39 Å². The van der Waals surface area contributed by atoms with Crippen LogP contribution in [0.2, 0.25) is 10.0 Å². The van der Waals surface area contributed by atoms with Crippen molar-refractivity contribution in [3.05, 3.63) is 57.8 Å². The molecule has 3 nitrogen and oxygen atoms in total. The van der Waals surface area contributed by atoms with E-state index in [1.54, 1.807) is 18.2 Å². The minimum atomic E-state index is -1.74. The molecule has 0 amide bonds. The van der Waals surface area contributed by atoms with E-state index in [4.69, 9.17) is 38.0 Å². The molecular weight excluding hydrogens is 305 g/mol. The number of halogens is 3. The van der Waals surface area contributed by atoms with Gasteiger partial charge in [0.05, 0.1) is 5.02 Å². The van der Waals surface area contributed by atoms with Gasteiger partial charge in [-0.25, -0.2) is 4.39 Å². The van der Waals surface area contributed by atoms with Crippen LogP contribution >= 0.6 is 23.2 Å². The third kappa shape index (κ3) is 3.87. The first-order valence-corrected chi connectivity index (χ1v) is 6.44. The molecule has 0 aliphatic carbocycles. The lowest BCUT2D eigenvalue weighted by Gasteiger charge is -2.10. The van der Waals surface area contributed by atoms with E-state index in [1.165, 1.54) is 12.1 Å². The summed E-state index contributed by atoms with van der Waals surface area (Å²) in [6, 6.07) is 8.48. The Balaban J connectivity index is 2.16. The van der Waals surface area contributed by atoms with E-state index in [9.17, 15) is 4.39 Å². The minimum absolute atomic E-state index is 0.0253. The van der Waals surface area contributed by atoms with E-state index in [1.807, 2.05) is 0 Å². The Morgan fingerprint density at radius 2 is 1.85 bits per heavy atom. The van der Waals surface area contributed by atoms with Crippen molar-refractivity contribution >= 4 is 35.8 Å². The summed E-state index contributed by atoms with van der Waals surface area (Å²) in [6.45, 7) is 0.0253. The summed E-state index contributed by atoms with van der Waals surface area (Å²) >= 11 is 11.8. The lowest BCUT2D eigenvalue weighted by atomic mass is 9.79. The Bertz CT molecular complexity index is 623. The first kappa shape index (κ1) is 15.1. The van der Waals surface area contributed by atoms with Gasteiger partial charge >= 0.3 is 7.12 Å². The highest BCUT2D eigenvalue weighted by Gasteiger charge is 2.13. The van der Waals surface area contributed by atoms with Gasteiger partial charge in [-0.15, -0.1) is 0 Å². The third-order valence-electron chi connectivity index (χ3n) is 2.57. The molecule has 0 radical (unpaired) electrons. The average Bonchev–Trinajstić information content (AvgIpc) is 2.39. The van der Waals surface area contributed by atoms with E-state index in [0.29, 0.717) is 21.4 Å². The molecule has 2 N–H and O–H groups in total. The molecule has 0 aliphatic heterocycles. The molecule has 2 aromatic carbocycles. The van der Waals surface area contributed by atoms with E-state index in [2.05, 4.69) is 0 Å². The zero-order valence-corrected chi connectivity index (χ0v) is 11.7. The number of rotatable bonds is 4. The van der Waals surface area contributed by atoms with Crippen molar-refractivity contribution in [2.24, 2.45) is 0 Å². The van der Waals surface area contributed by atoms with Crippen LogP contribution in [0.1, 0.15) is 5.56 Å². The third-order valence-corrected chi connectivity index (χ3v) is 3.11. The number of hydrogen-bond donors (Lipinski definition) is 2. The number of ether oxygens (including phenoxy) is 1. The maximum Gasteiger partial charge on any atom is 0.488 e. The van der Waals surface area contributed by atoms with Crippen molar-refractivity contribution in [2.75, 3.05) is 0 Å². The van der Waals surface area contributed by atoms with Crippen molar-refractivity contribution in [1.29, 1.82) is 0 Å². The molecule has 0 aromatic heterocycles. The normalized spacial score (nSPS) is 10.4. The van der Waals surface area contributed by atoms with Gasteiger partial charge in [0.15, 0.2) is 0 Å². The summed E-state index contributed by atoms with van der Waals surface area (Å²) in [5.41, 5.74) is 0.505. The average molecular weight is 315 g/mol. The van der Waals surface area contributed by atoms with E-state index in [-0.39, 0.29) is 12.1 Å². The Morgan fingerprint density at radius 1 is 1.10 bits per heavy atom. The summed E-state index contributed by atoms with van der Waals surface area (Å²) in [5, 5.41) is 18.9. The molecular formula is C13H10BCl2FO3. The van der Waals surface area contributed by atoms with Gasteiger partial charge in [-0.3, -0.25) is 0 Å². The molecule has 0 aliphatic rings. The zero-order chi connectivity index (χ0) is 14.7. The largest absolute Gasteiger partial charge is 0.488 e. The van der Waals surface area contributed by atoms with Gasteiger partial charge in [0.1, 0.15) is 18.2 Å². The lowest BCUT2D eigenvalue weighted by molar-refractivity contribution is 0.306. The van der Waals surface area contributed by atoms with Crippen LogP contribution in [0.25, 0.3) is 0 Å². The summed E-state index contributed by atoms with van der Waals surface area (Å²) in [6.07, 6.45) is 0. The second-order valence-electron chi connectivity index (χ2n) is 4.13. The monoisotopic (exact) mass is 314 g/mol. The minimum Gasteiger partial charge on any atom is -0.487 e. The summed E-state index contributed by atoms with van der Waals surface area (Å²) in [5.74, 6) is -0.207. The van der Waals surface area contributed by atoms with Gasteiger partial charge in [0.2, 0.25) is 0 Å². The van der Waals surface area contributed by atoms with Crippen LogP contribution in [-0.4, -0.2) is 17.2 Å². The van der Waals surface area contributed by atoms with E-state index >= 15 is 0 Å². The van der Waals surface area contributed by atoms with Gasteiger partial charge in [-0.2, -0.15) is 0 Å². The van der Waals surface area contributed by atoms with Crippen molar-refractivity contribution in [3.63, 3.8) is 0 Å². The topological polar surface area (TPSA) is 49.7 Å². The van der Waals surface area contributed by atoms with E-state index in [0.717, 1.165) is 6.07 Å². The summed E-state index contributed by atoms with van der Waals surface area (Å²) < 4.78 is 18.8. The highest BCUT2D eigenvalue weighted by Crippen LogP contribution is 2.28. The fraction of sp³-hybridized carbons (Fsp3) is 0.0769. The van der Waals surface area contributed by atoms with Crippen molar-refractivity contribution < 1.29 is 19.2 Å².